The third-order valence-corrected chi connectivity index (χ3v) is 6.04. The summed E-state index contributed by atoms with van der Waals surface area (Å²) in [4.78, 5) is 0. The van der Waals surface area contributed by atoms with Crippen molar-refractivity contribution in [3.8, 4) is 0 Å². The SMILES string of the molecule is Cc1cc(S(=O)(=O)NCc2ccccc2N)sc1Cl. The van der Waals surface area contributed by atoms with Gasteiger partial charge in [-0.3, -0.25) is 0 Å². The van der Waals surface area contributed by atoms with E-state index in [1.54, 1.807) is 31.2 Å². The van der Waals surface area contributed by atoms with Gasteiger partial charge in [0.2, 0.25) is 10.0 Å². The highest BCUT2D eigenvalue weighted by molar-refractivity contribution is 7.91. The number of halogens is 1. The zero-order valence-corrected chi connectivity index (χ0v) is 12.6. The van der Waals surface area contributed by atoms with Crippen molar-refractivity contribution in [1.82, 2.24) is 4.72 Å². The molecule has 0 atom stereocenters. The maximum absolute atomic E-state index is 12.1. The summed E-state index contributed by atoms with van der Waals surface area (Å²) in [6.45, 7) is 1.93. The van der Waals surface area contributed by atoms with E-state index < -0.39 is 10.0 Å². The van der Waals surface area contributed by atoms with Crippen LogP contribution in [0, 0.1) is 6.92 Å². The van der Waals surface area contributed by atoms with Crippen molar-refractivity contribution < 1.29 is 8.42 Å². The number of nitrogens with two attached hydrogens (primary N) is 1. The minimum Gasteiger partial charge on any atom is -0.398 e. The van der Waals surface area contributed by atoms with Gasteiger partial charge in [0.25, 0.3) is 0 Å². The summed E-state index contributed by atoms with van der Waals surface area (Å²) in [6, 6.07) is 8.69. The molecule has 0 amide bonds. The molecule has 3 N–H and O–H groups in total. The maximum atomic E-state index is 12.1. The van der Waals surface area contributed by atoms with Crippen LogP contribution >= 0.6 is 22.9 Å². The second-order valence-electron chi connectivity index (χ2n) is 4.05. The van der Waals surface area contributed by atoms with E-state index in [1.165, 1.54) is 0 Å². The first kappa shape index (κ1) is 14.3. The highest BCUT2D eigenvalue weighted by atomic mass is 35.5. The summed E-state index contributed by atoms with van der Waals surface area (Å²) in [7, 11) is -3.55. The Balaban J connectivity index is 2.17. The van der Waals surface area contributed by atoms with Crippen LogP contribution in [0.15, 0.2) is 34.5 Å². The van der Waals surface area contributed by atoms with Crippen molar-refractivity contribution in [1.29, 1.82) is 0 Å². The second-order valence-corrected chi connectivity index (χ2v) is 7.69. The molecule has 4 nitrogen and oxygen atoms in total. The number of nitrogens with one attached hydrogen (secondary N) is 1. The summed E-state index contributed by atoms with van der Waals surface area (Å²) >= 11 is 6.93. The molecule has 0 aliphatic carbocycles. The van der Waals surface area contributed by atoms with Crippen molar-refractivity contribution >= 4 is 38.6 Å². The Bertz CT molecular complexity index is 676. The smallest absolute Gasteiger partial charge is 0.250 e. The molecule has 0 aliphatic rings. The fraction of sp³-hybridized carbons (Fsp3) is 0.167. The molecule has 1 aromatic carbocycles. The van der Waals surface area contributed by atoms with Gasteiger partial charge in [-0.25, -0.2) is 13.1 Å². The fourth-order valence-electron chi connectivity index (χ4n) is 1.50. The number of hydrogen-bond donors (Lipinski definition) is 2. The molecule has 2 rings (SSSR count). The van der Waals surface area contributed by atoms with E-state index in [1.807, 2.05) is 6.07 Å². The largest absolute Gasteiger partial charge is 0.398 e. The van der Waals surface area contributed by atoms with Crippen LogP contribution in [0.2, 0.25) is 4.34 Å². The Morgan fingerprint density at radius 1 is 1.37 bits per heavy atom. The van der Waals surface area contributed by atoms with Crippen LogP contribution in [0.25, 0.3) is 0 Å². The van der Waals surface area contributed by atoms with Crippen LogP contribution in [-0.4, -0.2) is 8.42 Å². The first-order chi connectivity index (χ1) is 8.90. The normalized spacial score (nSPS) is 11.7. The summed E-state index contributed by atoms with van der Waals surface area (Å²) in [5, 5.41) is 0. The summed E-state index contributed by atoms with van der Waals surface area (Å²) in [5.41, 5.74) is 7.82. The molecule has 0 aliphatic heterocycles. The van der Waals surface area contributed by atoms with Crippen molar-refractivity contribution in [3.05, 3.63) is 45.8 Å². The standard InChI is InChI=1S/C12H13ClN2O2S2/c1-8-6-11(18-12(8)13)19(16,17)15-7-9-4-2-3-5-10(9)14/h2-6,15H,7,14H2,1H3. The average molecular weight is 317 g/mol. The molecule has 7 heteroatoms. The minimum atomic E-state index is -3.55. The summed E-state index contributed by atoms with van der Waals surface area (Å²) in [6.07, 6.45) is 0. The molecule has 0 saturated heterocycles. The Morgan fingerprint density at radius 3 is 2.63 bits per heavy atom. The van der Waals surface area contributed by atoms with Gasteiger partial charge < -0.3 is 5.73 Å². The lowest BCUT2D eigenvalue weighted by atomic mass is 10.2. The monoisotopic (exact) mass is 316 g/mol. The van der Waals surface area contributed by atoms with E-state index in [0.29, 0.717) is 10.0 Å². The first-order valence-corrected chi connectivity index (χ1v) is 8.17. The minimum absolute atomic E-state index is 0.156. The molecule has 1 heterocycles. The summed E-state index contributed by atoms with van der Waals surface area (Å²) < 4.78 is 27.4. The highest BCUT2D eigenvalue weighted by Crippen LogP contribution is 2.30. The van der Waals surface area contributed by atoms with Crippen LogP contribution in [0.5, 0.6) is 0 Å². The molecular weight excluding hydrogens is 304 g/mol. The molecule has 0 spiro atoms. The van der Waals surface area contributed by atoms with E-state index >= 15 is 0 Å². The van der Waals surface area contributed by atoms with E-state index in [-0.39, 0.29) is 10.8 Å². The topological polar surface area (TPSA) is 72.2 Å². The van der Waals surface area contributed by atoms with Crippen molar-refractivity contribution in [2.24, 2.45) is 0 Å². The average Bonchev–Trinajstić information content (AvgIpc) is 2.70. The summed E-state index contributed by atoms with van der Waals surface area (Å²) in [5.74, 6) is 0. The van der Waals surface area contributed by atoms with Gasteiger partial charge in [-0.05, 0) is 30.2 Å². The molecule has 1 aromatic heterocycles. The molecule has 0 bridgehead atoms. The van der Waals surface area contributed by atoms with Crippen LogP contribution in [-0.2, 0) is 16.6 Å². The zero-order chi connectivity index (χ0) is 14.0. The Morgan fingerprint density at radius 2 is 2.05 bits per heavy atom. The predicted octanol–water partition coefficient (Wildman–Crippen LogP) is 2.77. The van der Waals surface area contributed by atoms with E-state index in [9.17, 15) is 8.42 Å². The van der Waals surface area contributed by atoms with Crippen LogP contribution < -0.4 is 10.5 Å². The van der Waals surface area contributed by atoms with Gasteiger partial charge in [-0.15, -0.1) is 11.3 Å². The quantitative estimate of drug-likeness (QED) is 0.852. The Labute approximate surface area is 121 Å². The predicted molar refractivity (Wildman–Crippen MR) is 78.9 cm³/mol. The lowest BCUT2D eigenvalue weighted by molar-refractivity contribution is 0.583. The number of hydrogen-bond acceptors (Lipinski definition) is 4. The molecule has 0 radical (unpaired) electrons. The fourth-order valence-corrected chi connectivity index (χ4v) is 4.26. The van der Waals surface area contributed by atoms with E-state index in [0.717, 1.165) is 22.5 Å². The molecular formula is C12H13ClN2O2S2. The Hall–Kier alpha value is -1.08. The van der Waals surface area contributed by atoms with Gasteiger partial charge >= 0.3 is 0 Å². The van der Waals surface area contributed by atoms with Gasteiger partial charge in [0, 0.05) is 12.2 Å². The number of benzene rings is 1. The van der Waals surface area contributed by atoms with E-state index in [4.69, 9.17) is 17.3 Å². The van der Waals surface area contributed by atoms with Gasteiger partial charge in [0.1, 0.15) is 4.21 Å². The van der Waals surface area contributed by atoms with Crippen molar-refractivity contribution in [2.75, 3.05) is 5.73 Å². The number of nitrogen functional groups attached to an aromatic ring is 1. The van der Waals surface area contributed by atoms with E-state index in [2.05, 4.69) is 4.72 Å². The van der Waals surface area contributed by atoms with Gasteiger partial charge in [-0.2, -0.15) is 0 Å². The lowest BCUT2D eigenvalue weighted by Gasteiger charge is -2.07. The molecule has 2 aromatic rings. The Kier molecular flexibility index (Phi) is 4.15. The van der Waals surface area contributed by atoms with Crippen LogP contribution in [0.1, 0.15) is 11.1 Å². The number of thiophene rings is 1. The number of anilines is 1. The molecule has 0 fully saturated rings. The van der Waals surface area contributed by atoms with Crippen LogP contribution in [0.4, 0.5) is 5.69 Å². The van der Waals surface area contributed by atoms with Gasteiger partial charge in [-0.1, -0.05) is 29.8 Å². The van der Waals surface area contributed by atoms with Crippen LogP contribution in [0.3, 0.4) is 0 Å². The lowest BCUT2D eigenvalue weighted by Crippen LogP contribution is -2.22. The molecule has 0 saturated carbocycles. The van der Waals surface area contributed by atoms with Crippen molar-refractivity contribution in [2.45, 2.75) is 17.7 Å². The molecule has 19 heavy (non-hydrogen) atoms. The maximum Gasteiger partial charge on any atom is 0.250 e. The number of aryl methyl sites for hydroxylation is 1. The second kappa shape index (κ2) is 5.50. The molecule has 0 unspecified atom stereocenters. The molecule has 102 valence electrons. The third kappa shape index (κ3) is 3.27. The third-order valence-electron chi connectivity index (χ3n) is 2.61. The van der Waals surface area contributed by atoms with Gasteiger partial charge in [0.05, 0.1) is 4.34 Å². The number of sulfonamides is 1. The first-order valence-electron chi connectivity index (χ1n) is 5.49. The number of rotatable bonds is 4. The highest BCUT2D eigenvalue weighted by Gasteiger charge is 2.18. The van der Waals surface area contributed by atoms with Crippen molar-refractivity contribution in [3.63, 3.8) is 0 Å². The number of para-hydroxylation sites is 1. The van der Waals surface area contributed by atoms with Gasteiger partial charge in [0.15, 0.2) is 0 Å². The zero-order valence-electron chi connectivity index (χ0n) is 10.2.